The van der Waals surface area contributed by atoms with Crippen molar-refractivity contribution in [1.29, 1.82) is 0 Å². The van der Waals surface area contributed by atoms with E-state index in [9.17, 15) is 4.79 Å². The van der Waals surface area contributed by atoms with Gasteiger partial charge in [0.25, 0.3) is 11.9 Å². The Kier molecular flexibility index (Phi) is 4.69. The molecule has 4 aromatic rings. The van der Waals surface area contributed by atoms with E-state index in [1.165, 1.54) is 5.56 Å². The Balaban J connectivity index is 1.32. The first-order chi connectivity index (χ1) is 14.6. The molecule has 1 amide bonds. The Bertz CT molecular complexity index is 1180. The molecule has 1 saturated heterocycles. The molecule has 0 atom stereocenters. The summed E-state index contributed by atoms with van der Waals surface area (Å²) in [6.45, 7) is 6.71. The van der Waals surface area contributed by atoms with Crippen molar-refractivity contribution < 1.29 is 13.6 Å². The van der Waals surface area contributed by atoms with Crippen molar-refractivity contribution >= 4 is 34.0 Å². The molecule has 1 aliphatic heterocycles. The van der Waals surface area contributed by atoms with E-state index in [1.54, 1.807) is 0 Å². The van der Waals surface area contributed by atoms with Crippen LogP contribution in [0.1, 0.15) is 35.0 Å². The number of hydrogen-bond donors (Lipinski definition) is 0. The quantitative estimate of drug-likeness (QED) is 0.490. The second-order valence-electron chi connectivity index (χ2n) is 7.88. The summed E-state index contributed by atoms with van der Waals surface area (Å²) in [6, 6.07) is 14.6. The maximum absolute atomic E-state index is 13.2. The Morgan fingerprint density at radius 1 is 1.03 bits per heavy atom. The lowest BCUT2D eigenvalue weighted by molar-refractivity contribution is 0.0714. The van der Waals surface area contributed by atoms with Gasteiger partial charge in [0.05, 0.1) is 0 Å². The molecule has 0 unspecified atom stereocenters. The van der Waals surface area contributed by atoms with Crippen molar-refractivity contribution in [2.45, 2.75) is 26.7 Å². The lowest BCUT2D eigenvalue weighted by Crippen LogP contribution is -2.49. The van der Waals surface area contributed by atoms with Crippen LogP contribution in [0.3, 0.4) is 0 Å². The SMILES string of the molecule is CCCc1ccc2oc(C(=O)N3CCN(c4nc5ccccc5o4)CC3)c(C)c2c1. The van der Waals surface area contributed by atoms with Crippen molar-refractivity contribution in [3.8, 4) is 0 Å². The van der Waals surface area contributed by atoms with E-state index in [1.807, 2.05) is 42.2 Å². The number of rotatable bonds is 4. The van der Waals surface area contributed by atoms with Gasteiger partial charge in [-0.15, -0.1) is 0 Å². The summed E-state index contributed by atoms with van der Waals surface area (Å²) in [5.41, 5.74) is 4.62. The van der Waals surface area contributed by atoms with Gasteiger partial charge in [-0.3, -0.25) is 4.79 Å². The van der Waals surface area contributed by atoms with Crippen LogP contribution in [0.5, 0.6) is 0 Å². The van der Waals surface area contributed by atoms with Gasteiger partial charge < -0.3 is 18.6 Å². The zero-order valence-electron chi connectivity index (χ0n) is 17.4. The second-order valence-corrected chi connectivity index (χ2v) is 7.88. The van der Waals surface area contributed by atoms with Crippen molar-refractivity contribution in [1.82, 2.24) is 9.88 Å². The fourth-order valence-electron chi connectivity index (χ4n) is 4.16. The van der Waals surface area contributed by atoms with Crippen LogP contribution in [0.25, 0.3) is 22.1 Å². The van der Waals surface area contributed by atoms with Gasteiger partial charge in [-0.05, 0) is 43.2 Å². The van der Waals surface area contributed by atoms with Crippen LogP contribution < -0.4 is 4.90 Å². The van der Waals surface area contributed by atoms with Crippen LogP contribution in [0, 0.1) is 6.92 Å². The van der Waals surface area contributed by atoms with E-state index < -0.39 is 0 Å². The molecule has 0 aliphatic carbocycles. The summed E-state index contributed by atoms with van der Waals surface area (Å²) >= 11 is 0. The van der Waals surface area contributed by atoms with E-state index in [-0.39, 0.29) is 5.91 Å². The number of oxazole rings is 1. The van der Waals surface area contributed by atoms with Gasteiger partial charge in [-0.2, -0.15) is 4.98 Å². The first-order valence-corrected chi connectivity index (χ1v) is 10.6. The number of carbonyl (C=O) groups excluding carboxylic acids is 1. The molecule has 0 N–H and O–H groups in total. The maximum Gasteiger partial charge on any atom is 0.298 e. The van der Waals surface area contributed by atoms with Crippen LogP contribution in [-0.4, -0.2) is 42.0 Å². The van der Waals surface area contributed by atoms with Gasteiger partial charge in [-0.25, -0.2) is 0 Å². The van der Waals surface area contributed by atoms with Gasteiger partial charge >= 0.3 is 0 Å². The number of para-hydroxylation sites is 2. The van der Waals surface area contributed by atoms with E-state index >= 15 is 0 Å². The number of nitrogens with zero attached hydrogens (tertiary/aromatic N) is 3. The number of piperazine rings is 1. The van der Waals surface area contributed by atoms with Crippen LogP contribution in [-0.2, 0) is 6.42 Å². The normalized spacial score (nSPS) is 14.7. The molecule has 3 heterocycles. The third-order valence-corrected chi connectivity index (χ3v) is 5.85. The summed E-state index contributed by atoms with van der Waals surface area (Å²) in [5.74, 6) is 0.409. The summed E-state index contributed by atoms with van der Waals surface area (Å²) in [5, 5.41) is 1.04. The van der Waals surface area contributed by atoms with E-state index in [4.69, 9.17) is 8.83 Å². The highest BCUT2D eigenvalue weighted by atomic mass is 16.4. The molecule has 6 nitrogen and oxygen atoms in total. The molecule has 0 radical (unpaired) electrons. The summed E-state index contributed by atoms with van der Waals surface area (Å²) in [7, 11) is 0. The average molecular weight is 403 g/mol. The van der Waals surface area contributed by atoms with Crippen molar-refractivity contribution in [3.63, 3.8) is 0 Å². The molecule has 0 bridgehead atoms. The van der Waals surface area contributed by atoms with Crippen LogP contribution in [0.4, 0.5) is 6.01 Å². The van der Waals surface area contributed by atoms with Gasteiger partial charge in [0.15, 0.2) is 11.3 Å². The van der Waals surface area contributed by atoms with E-state index in [0.29, 0.717) is 38.0 Å². The predicted octanol–water partition coefficient (Wildman–Crippen LogP) is 4.80. The third kappa shape index (κ3) is 3.22. The zero-order chi connectivity index (χ0) is 20.7. The minimum atomic E-state index is -0.0436. The zero-order valence-corrected chi connectivity index (χ0v) is 17.4. The van der Waals surface area contributed by atoms with Gasteiger partial charge in [0.2, 0.25) is 0 Å². The molecule has 1 fully saturated rings. The number of amides is 1. The number of aromatic nitrogens is 1. The molecule has 0 saturated carbocycles. The smallest absolute Gasteiger partial charge is 0.298 e. The fraction of sp³-hybridized carbons (Fsp3) is 0.333. The summed E-state index contributed by atoms with van der Waals surface area (Å²) in [4.78, 5) is 21.7. The highest BCUT2D eigenvalue weighted by molar-refractivity contribution is 5.99. The molecule has 1 aliphatic rings. The standard InChI is InChI=1S/C24H25N3O3/c1-3-6-17-9-10-20-18(15-17)16(2)22(29-20)23(28)26-11-13-27(14-12-26)24-25-19-7-4-5-8-21(19)30-24/h4-5,7-10,15H,3,6,11-14H2,1-2H3. The summed E-state index contributed by atoms with van der Waals surface area (Å²) in [6.07, 6.45) is 2.13. The Morgan fingerprint density at radius 3 is 2.60 bits per heavy atom. The number of benzene rings is 2. The summed E-state index contributed by atoms with van der Waals surface area (Å²) < 4.78 is 11.8. The number of fused-ring (bicyclic) bond motifs is 2. The lowest BCUT2D eigenvalue weighted by Gasteiger charge is -2.33. The topological polar surface area (TPSA) is 62.7 Å². The molecule has 2 aromatic heterocycles. The molecular weight excluding hydrogens is 378 g/mol. The molecule has 6 heteroatoms. The molecule has 154 valence electrons. The number of carbonyl (C=O) groups is 1. The number of aryl methyl sites for hydroxylation is 2. The second kappa shape index (κ2) is 7.52. The minimum absolute atomic E-state index is 0.0436. The van der Waals surface area contributed by atoms with Crippen LogP contribution >= 0.6 is 0 Å². The third-order valence-electron chi connectivity index (χ3n) is 5.85. The van der Waals surface area contributed by atoms with E-state index in [0.717, 1.165) is 40.5 Å². The fourth-order valence-corrected chi connectivity index (χ4v) is 4.16. The Hall–Kier alpha value is -3.28. The monoisotopic (exact) mass is 403 g/mol. The molecular formula is C24H25N3O3. The Morgan fingerprint density at radius 2 is 1.83 bits per heavy atom. The molecule has 0 spiro atoms. The average Bonchev–Trinajstić information content (AvgIpc) is 3.35. The van der Waals surface area contributed by atoms with Crippen molar-refractivity contribution in [2.75, 3.05) is 31.1 Å². The highest BCUT2D eigenvalue weighted by Gasteiger charge is 2.28. The predicted molar refractivity (Wildman–Crippen MR) is 117 cm³/mol. The number of hydrogen-bond acceptors (Lipinski definition) is 5. The van der Waals surface area contributed by atoms with Crippen molar-refractivity contribution in [2.24, 2.45) is 0 Å². The molecule has 30 heavy (non-hydrogen) atoms. The van der Waals surface area contributed by atoms with Gasteiger partial charge in [-0.1, -0.05) is 31.5 Å². The molecule has 5 rings (SSSR count). The Labute approximate surface area is 175 Å². The first kappa shape index (κ1) is 18.7. The van der Waals surface area contributed by atoms with Gasteiger partial charge in [0, 0.05) is 37.1 Å². The minimum Gasteiger partial charge on any atom is -0.451 e. The number of furan rings is 1. The van der Waals surface area contributed by atoms with Crippen LogP contribution in [0.15, 0.2) is 51.3 Å². The first-order valence-electron chi connectivity index (χ1n) is 10.6. The van der Waals surface area contributed by atoms with Crippen molar-refractivity contribution in [3.05, 3.63) is 59.4 Å². The highest BCUT2D eigenvalue weighted by Crippen LogP contribution is 2.28. The molecule has 2 aromatic carbocycles. The van der Waals surface area contributed by atoms with E-state index in [2.05, 4.69) is 28.9 Å². The van der Waals surface area contributed by atoms with Gasteiger partial charge in [0.1, 0.15) is 11.1 Å². The van der Waals surface area contributed by atoms with Crippen LogP contribution in [0.2, 0.25) is 0 Å². The maximum atomic E-state index is 13.2. The largest absolute Gasteiger partial charge is 0.451 e. The number of anilines is 1. The lowest BCUT2D eigenvalue weighted by atomic mass is 10.1.